The highest BCUT2D eigenvalue weighted by molar-refractivity contribution is 7.72. The molecule has 0 bridgehead atoms. The molecule has 1 aromatic heterocycles. The Bertz CT molecular complexity index is 1160. The van der Waals surface area contributed by atoms with Gasteiger partial charge in [-0.1, -0.05) is 72.3 Å². The molecule has 0 unspecified atom stereocenters. The minimum Gasteiger partial charge on any atom is -0.252 e. The fraction of sp³-hybridized carbons (Fsp3) is 0.207. The minimum atomic E-state index is -0.533. The molecule has 0 saturated heterocycles. The summed E-state index contributed by atoms with van der Waals surface area (Å²) in [7, 11) is -0.533. The molecule has 4 rings (SSSR count). The SMILES string of the molecule is Cc1cc(C)c(-c2cccc(CP(c3ccccc3C)c3ccccc3C)n2)c(C)c1. The second-order valence-corrected chi connectivity index (χ2v) is 10.6. The van der Waals surface area contributed by atoms with Gasteiger partial charge in [-0.15, -0.1) is 0 Å². The molecule has 0 saturated carbocycles. The second kappa shape index (κ2) is 9.16. The zero-order valence-electron chi connectivity index (χ0n) is 19.1. The maximum atomic E-state index is 5.16. The standard InChI is InChI=1S/C29H30NP/c1-20-17-23(4)29(24(5)18-20)26-14-10-13-25(30-26)19-31(27-15-8-6-11-21(27)2)28-16-9-7-12-22(28)3/h6-18H,19H2,1-5H3. The summed E-state index contributed by atoms with van der Waals surface area (Å²) in [5.74, 6) is 0. The molecule has 3 aromatic carbocycles. The third-order valence-electron chi connectivity index (χ3n) is 5.87. The molecule has 2 heteroatoms. The van der Waals surface area contributed by atoms with Crippen molar-refractivity contribution in [1.29, 1.82) is 0 Å². The van der Waals surface area contributed by atoms with Crippen LogP contribution in [-0.4, -0.2) is 4.98 Å². The number of aryl methyl sites for hydroxylation is 5. The number of pyridine rings is 1. The Balaban J connectivity index is 1.78. The molecule has 1 heterocycles. The summed E-state index contributed by atoms with van der Waals surface area (Å²) < 4.78 is 0. The van der Waals surface area contributed by atoms with Crippen molar-refractivity contribution < 1.29 is 0 Å². The molecule has 0 spiro atoms. The van der Waals surface area contributed by atoms with Crippen LogP contribution in [0, 0.1) is 34.6 Å². The third kappa shape index (κ3) is 4.63. The fourth-order valence-corrected chi connectivity index (χ4v) is 7.12. The fourth-order valence-electron chi connectivity index (χ4n) is 4.49. The monoisotopic (exact) mass is 423 g/mol. The Kier molecular flexibility index (Phi) is 6.35. The van der Waals surface area contributed by atoms with E-state index in [0.29, 0.717) is 0 Å². The van der Waals surface area contributed by atoms with Crippen LogP contribution < -0.4 is 10.6 Å². The highest BCUT2D eigenvalue weighted by Gasteiger charge is 2.19. The number of rotatable bonds is 5. The molecule has 1 nitrogen and oxygen atoms in total. The van der Waals surface area contributed by atoms with Crippen molar-refractivity contribution >= 4 is 18.5 Å². The maximum absolute atomic E-state index is 5.16. The number of aromatic nitrogens is 1. The topological polar surface area (TPSA) is 12.9 Å². The van der Waals surface area contributed by atoms with Crippen molar-refractivity contribution in [2.75, 3.05) is 0 Å². The predicted octanol–water partition coefficient (Wildman–Crippen LogP) is 6.92. The Labute approximate surface area is 188 Å². The summed E-state index contributed by atoms with van der Waals surface area (Å²) in [6, 6.07) is 28.7. The normalized spacial score (nSPS) is 11.2. The van der Waals surface area contributed by atoms with Gasteiger partial charge in [0.1, 0.15) is 0 Å². The molecular formula is C29H30NP. The van der Waals surface area contributed by atoms with E-state index in [1.165, 1.54) is 44.0 Å². The van der Waals surface area contributed by atoms with Crippen LogP contribution in [0.25, 0.3) is 11.3 Å². The van der Waals surface area contributed by atoms with E-state index in [1.54, 1.807) is 0 Å². The summed E-state index contributed by atoms with van der Waals surface area (Å²) >= 11 is 0. The van der Waals surface area contributed by atoms with Crippen LogP contribution >= 0.6 is 7.92 Å². The Hall–Kier alpha value is -2.76. The van der Waals surface area contributed by atoms with E-state index in [9.17, 15) is 0 Å². The van der Waals surface area contributed by atoms with E-state index in [1.807, 2.05) is 0 Å². The van der Waals surface area contributed by atoms with Crippen LogP contribution in [0.3, 0.4) is 0 Å². The molecule has 4 aromatic rings. The van der Waals surface area contributed by atoms with Crippen molar-refractivity contribution in [1.82, 2.24) is 4.98 Å². The highest BCUT2D eigenvalue weighted by Crippen LogP contribution is 2.40. The van der Waals surface area contributed by atoms with Gasteiger partial charge in [-0.05, 0) is 87.5 Å². The molecule has 0 aliphatic heterocycles. The Morgan fingerprint density at radius 3 is 1.71 bits per heavy atom. The highest BCUT2D eigenvalue weighted by atomic mass is 31.1. The van der Waals surface area contributed by atoms with E-state index in [0.717, 1.165) is 17.5 Å². The quantitative estimate of drug-likeness (QED) is 0.317. The first kappa shape index (κ1) is 21.5. The molecule has 156 valence electrons. The molecule has 0 aliphatic rings. The summed E-state index contributed by atoms with van der Waals surface area (Å²) in [5, 5.41) is 2.89. The lowest BCUT2D eigenvalue weighted by molar-refractivity contribution is 1.16. The van der Waals surface area contributed by atoms with Gasteiger partial charge in [-0.25, -0.2) is 0 Å². The number of hydrogen-bond acceptors (Lipinski definition) is 1. The summed E-state index contributed by atoms with van der Waals surface area (Å²) in [6.45, 7) is 11.0. The molecule has 0 amide bonds. The lowest BCUT2D eigenvalue weighted by Gasteiger charge is -2.22. The molecule has 0 atom stereocenters. The van der Waals surface area contributed by atoms with Crippen molar-refractivity contribution in [3.63, 3.8) is 0 Å². The second-order valence-electron chi connectivity index (χ2n) is 8.45. The summed E-state index contributed by atoms with van der Waals surface area (Å²) in [5.41, 5.74) is 10.1. The minimum absolute atomic E-state index is 0.533. The van der Waals surface area contributed by atoms with Crippen LogP contribution in [0.5, 0.6) is 0 Å². The Morgan fingerprint density at radius 2 is 1.16 bits per heavy atom. The molecule has 0 N–H and O–H groups in total. The van der Waals surface area contributed by atoms with Crippen LogP contribution in [0.1, 0.15) is 33.5 Å². The molecule has 0 radical (unpaired) electrons. The van der Waals surface area contributed by atoms with Crippen molar-refractivity contribution in [3.05, 3.63) is 112 Å². The summed E-state index contributed by atoms with van der Waals surface area (Å²) in [4.78, 5) is 5.16. The lowest BCUT2D eigenvalue weighted by atomic mass is 9.97. The van der Waals surface area contributed by atoms with E-state index in [2.05, 4.69) is 113 Å². The Morgan fingerprint density at radius 1 is 0.613 bits per heavy atom. The molecular weight excluding hydrogens is 393 g/mol. The van der Waals surface area contributed by atoms with Gasteiger partial charge in [-0.2, -0.15) is 0 Å². The molecule has 0 aliphatic carbocycles. The van der Waals surface area contributed by atoms with Crippen molar-refractivity contribution in [2.24, 2.45) is 0 Å². The van der Waals surface area contributed by atoms with Gasteiger partial charge in [0, 0.05) is 17.4 Å². The van der Waals surface area contributed by atoms with Gasteiger partial charge in [-0.3, -0.25) is 4.98 Å². The number of hydrogen-bond donors (Lipinski definition) is 0. The van der Waals surface area contributed by atoms with Gasteiger partial charge < -0.3 is 0 Å². The average Bonchev–Trinajstić information content (AvgIpc) is 2.73. The molecule has 31 heavy (non-hydrogen) atoms. The van der Waals surface area contributed by atoms with E-state index in [4.69, 9.17) is 4.98 Å². The first-order chi connectivity index (χ1) is 14.9. The van der Waals surface area contributed by atoms with Crippen LogP contribution in [0.15, 0.2) is 78.9 Å². The smallest absolute Gasteiger partial charge is 0.0710 e. The number of benzene rings is 3. The predicted molar refractivity (Wildman–Crippen MR) is 136 cm³/mol. The molecule has 0 fully saturated rings. The van der Waals surface area contributed by atoms with E-state index in [-0.39, 0.29) is 0 Å². The number of nitrogens with zero attached hydrogens (tertiary/aromatic N) is 1. The largest absolute Gasteiger partial charge is 0.252 e. The van der Waals surface area contributed by atoms with Crippen LogP contribution in [-0.2, 0) is 6.16 Å². The van der Waals surface area contributed by atoms with Crippen molar-refractivity contribution in [3.8, 4) is 11.3 Å². The van der Waals surface area contributed by atoms with Gasteiger partial charge in [0.2, 0.25) is 0 Å². The van der Waals surface area contributed by atoms with Crippen LogP contribution in [0.2, 0.25) is 0 Å². The average molecular weight is 424 g/mol. The third-order valence-corrected chi connectivity index (χ3v) is 8.68. The van der Waals surface area contributed by atoms with Crippen molar-refractivity contribution in [2.45, 2.75) is 40.8 Å². The van der Waals surface area contributed by atoms with Gasteiger partial charge >= 0.3 is 0 Å². The van der Waals surface area contributed by atoms with Gasteiger partial charge in [0.15, 0.2) is 0 Å². The van der Waals surface area contributed by atoms with Gasteiger partial charge in [0.05, 0.1) is 5.69 Å². The first-order valence-corrected chi connectivity index (χ1v) is 12.4. The van der Waals surface area contributed by atoms with E-state index < -0.39 is 7.92 Å². The first-order valence-electron chi connectivity index (χ1n) is 10.9. The van der Waals surface area contributed by atoms with Gasteiger partial charge in [0.25, 0.3) is 0 Å². The summed E-state index contributed by atoms with van der Waals surface area (Å²) in [6.07, 6.45) is 0.947. The lowest BCUT2D eigenvalue weighted by Crippen LogP contribution is -2.18. The van der Waals surface area contributed by atoms with Crippen LogP contribution in [0.4, 0.5) is 0 Å². The zero-order chi connectivity index (χ0) is 22.0. The zero-order valence-corrected chi connectivity index (χ0v) is 20.0. The maximum Gasteiger partial charge on any atom is 0.0710 e. The van der Waals surface area contributed by atoms with E-state index >= 15 is 0 Å².